The first-order valence-electron chi connectivity index (χ1n) is 6.17. The van der Waals surface area contributed by atoms with Crippen molar-refractivity contribution in [2.75, 3.05) is 23.3 Å². The van der Waals surface area contributed by atoms with E-state index in [2.05, 4.69) is 17.1 Å². The highest BCUT2D eigenvalue weighted by atomic mass is 32.1. The maximum Gasteiger partial charge on any atom is 0.168 e. The van der Waals surface area contributed by atoms with Crippen molar-refractivity contribution in [3.8, 4) is 0 Å². The molecule has 3 nitrogen and oxygen atoms in total. The predicted molar refractivity (Wildman–Crippen MR) is 77.4 cm³/mol. The van der Waals surface area contributed by atoms with Crippen LogP contribution < -0.4 is 16.0 Å². The number of nitrogens with one attached hydrogen (secondary N) is 1. The van der Waals surface area contributed by atoms with Gasteiger partial charge in [-0.25, -0.2) is 4.39 Å². The second-order valence-electron chi connectivity index (χ2n) is 4.84. The normalized spacial score (nSPS) is 19.7. The summed E-state index contributed by atoms with van der Waals surface area (Å²) in [6, 6.07) is 4.70. The van der Waals surface area contributed by atoms with E-state index in [1.165, 1.54) is 18.6 Å². The van der Waals surface area contributed by atoms with E-state index in [4.69, 9.17) is 18.0 Å². The molecule has 18 heavy (non-hydrogen) atoms. The molecule has 5 heteroatoms. The van der Waals surface area contributed by atoms with Crippen LogP contribution in [0.15, 0.2) is 18.2 Å². The van der Waals surface area contributed by atoms with Gasteiger partial charge in [0, 0.05) is 13.1 Å². The van der Waals surface area contributed by atoms with E-state index in [0.29, 0.717) is 11.6 Å². The second kappa shape index (κ2) is 5.52. The molecule has 1 heterocycles. The van der Waals surface area contributed by atoms with Gasteiger partial charge < -0.3 is 16.0 Å². The van der Waals surface area contributed by atoms with E-state index in [-0.39, 0.29) is 10.9 Å². The zero-order chi connectivity index (χ0) is 13.1. The van der Waals surface area contributed by atoms with Gasteiger partial charge >= 0.3 is 0 Å². The minimum Gasteiger partial charge on any atom is -0.376 e. The van der Waals surface area contributed by atoms with Crippen molar-refractivity contribution in [3.63, 3.8) is 0 Å². The summed E-state index contributed by atoms with van der Waals surface area (Å²) < 4.78 is 13.3. The van der Waals surface area contributed by atoms with Gasteiger partial charge in [0.25, 0.3) is 0 Å². The Balaban J connectivity index is 2.27. The lowest BCUT2D eigenvalue weighted by atomic mass is 9.99. The average Bonchev–Trinajstić information content (AvgIpc) is 2.28. The van der Waals surface area contributed by atoms with Gasteiger partial charge in [-0.15, -0.1) is 0 Å². The summed E-state index contributed by atoms with van der Waals surface area (Å²) in [5.41, 5.74) is 7.10. The molecule has 98 valence electrons. The lowest BCUT2D eigenvalue weighted by Gasteiger charge is -2.34. The van der Waals surface area contributed by atoms with E-state index >= 15 is 0 Å². The Bertz CT molecular complexity index is 450. The molecule has 0 saturated carbocycles. The first-order valence-corrected chi connectivity index (χ1v) is 6.58. The highest BCUT2D eigenvalue weighted by Gasteiger charge is 2.19. The average molecular weight is 267 g/mol. The fourth-order valence-corrected chi connectivity index (χ4v) is 2.54. The van der Waals surface area contributed by atoms with Crippen molar-refractivity contribution < 1.29 is 4.39 Å². The summed E-state index contributed by atoms with van der Waals surface area (Å²) in [4.78, 5) is 2.26. The van der Waals surface area contributed by atoms with Crippen LogP contribution in [0.1, 0.15) is 19.8 Å². The van der Waals surface area contributed by atoms with Crippen LogP contribution in [0.2, 0.25) is 0 Å². The summed E-state index contributed by atoms with van der Waals surface area (Å²) in [6.45, 7) is 4.20. The number of thiocarbonyl (C=S) groups is 1. The molecule has 1 unspecified atom stereocenters. The monoisotopic (exact) mass is 267 g/mol. The van der Waals surface area contributed by atoms with E-state index in [0.717, 1.165) is 25.2 Å². The molecule has 1 atom stereocenters. The fourth-order valence-electron chi connectivity index (χ4n) is 2.43. The van der Waals surface area contributed by atoms with Crippen molar-refractivity contribution in [2.24, 2.45) is 11.7 Å². The molecule has 3 N–H and O–H groups in total. The summed E-state index contributed by atoms with van der Waals surface area (Å²) in [7, 11) is 0. The van der Waals surface area contributed by atoms with Gasteiger partial charge in [0.15, 0.2) is 5.11 Å². The molecule has 2 rings (SSSR count). The van der Waals surface area contributed by atoms with E-state index < -0.39 is 0 Å². The molecule has 0 spiro atoms. The number of nitrogens with two attached hydrogens (primary N) is 1. The van der Waals surface area contributed by atoms with Crippen LogP contribution in [-0.2, 0) is 0 Å². The first kappa shape index (κ1) is 13.1. The van der Waals surface area contributed by atoms with Crippen LogP contribution in [0.5, 0.6) is 0 Å². The fraction of sp³-hybridized carbons (Fsp3) is 0.462. The van der Waals surface area contributed by atoms with Crippen molar-refractivity contribution in [3.05, 3.63) is 24.0 Å². The van der Waals surface area contributed by atoms with Gasteiger partial charge in [0.05, 0.1) is 11.4 Å². The molecule has 1 aromatic rings. The van der Waals surface area contributed by atoms with Gasteiger partial charge in [-0.3, -0.25) is 0 Å². The minimum atomic E-state index is -0.289. The highest BCUT2D eigenvalue weighted by Crippen LogP contribution is 2.30. The van der Waals surface area contributed by atoms with Crippen molar-refractivity contribution in [2.45, 2.75) is 19.8 Å². The predicted octanol–water partition coefficient (Wildman–Crippen LogP) is 2.72. The Kier molecular flexibility index (Phi) is 4.01. The maximum atomic E-state index is 13.3. The van der Waals surface area contributed by atoms with Gasteiger partial charge in [-0.2, -0.15) is 0 Å². The molecule has 0 aromatic heterocycles. The molecule has 0 aliphatic carbocycles. The number of piperidine rings is 1. The molecular weight excluding hydrogens is 249 g/mol. The third-order valence-corrected chi connectivity index (χ3v) is 3.32. The SMILES string of the molecule is CC1CCCN(c2ccc(F)cc2NC(N)=S)C1. The smallest absolute Gasteiger partial charge is 0.168 e. The largest absolute Gasteiger partial charge is 0.376 e. The highest BCUT2D eigenvalue weighted by molar-refractivity contribution is 7.80. The third kappa shape index (κ3) is 3.10. The Morgan fingerprint density at radius 2 is 2.33 bits per heavy atom. The number of hydrogen-bond acceptors (Lipinski definition) is 2. The molecule has 0 amide bonds. The summed E-state index contributed by atoms with van der Waals surface area (Å²) >= 11 is 4.83. The van der Waals surface area contributed by atoms with Crippen molar-refractivity contribution in [1.82, 2.24) is 0 Å². The Hall–Kier alpha value is -1.36. The van der Waals surface area contributed by atoms with Gasteiger partial charge in [0.1, 0.15) is 5.82 Å². The van der Waals surface area contributed by atoms with Gasteiger partial charge in [-0.1, -0.05) is 6.92 Å². The van der Waals surface area contributed by atoms with E-state index in [1.807, 2.05) is 0 Å². The third-order valence-electron chi connectivity index (χ3n) is 3.21. The molecule has 0 radical (unpaired) electrons. The zero-order valence-corrected chi connectivity index (χ0v) is 11.3. The quantitative estimate of drug-likeness (QED) is 0.808. The topological polar surface area (TPSA) is 41.3 Å². The lowest BCUT2D eigenvalue weighted by Crippen LogP contribution is -2.35. The maximum absolute atomic E-state index is 13.3. The number of benzene rings is 1. The van der Waals surface area contributed by atoms with Crippen LogP contribution in [0.4, 0.5) is 15.8 Å². The molecule has 1 fully saturated rings. The number of anilines is 2. The number of rotatable bonds is 2. The molecule has 0 bridgehead atoms. The van der Waals surface area contributed by atoms with Crippen molar-refractivity contribution >= 4 is 28.7 Å². The Labute approximate surface area is 112 Å². The second-order valence-corrected chi connectivity index (χ2v) is 5.28. The van der Waals surface area contributed by atoms with Crippen LogP contribution in [-0.4, -0.2) is 18.2 Å². The number of halogens is 1. The van der Waals surface area contributed by atoms with Crippen LogP contribution in [0.25, 0.3) is 0 Å². The summed E-state index contributed by atoms with van der Waals surface area (Å²) in [6.07, 6.45) is 2.40. The first-order chi connectivity index (χ1) is 8.56. The summed E-state index contributed by atoms with van der Waals surface area (Å²) in [5.74, 6) is 0.365. The van der Waals surface area contributed by atoms with Crippen LogP contribution in [0.3, 0.4) is 0 Å². The van der Waals surface area contributed by atoms with Crippen molar-refractivity contribution in [1.29, 1.82) is 0 Å². The zero-order valence-electron chi connectivity index (χ0n) is 10.4. The minimum absolute atomic E-state index is 0.159. The molecule has 1 saturated heterocycles. The Morgan fingerprint density at radius 1 is 1.56 bits per heavy atom. The molecule has 1 aliphatic heterocycles. The number of nitrogens with zero attached hydrogens (tertiary/aromatic N) is 1. The van der Waals surface area contributed by atoms with E-state index in [9.17, 15) is 4.39 Å². The van der Waals surface area contributed by atoms with Crippen LogP contribution in [0, 0.1) is 11.7 Å². The van der Waals surface area contributed by atoms with Gasteiger partial charge in [-0.05, 0) is 49.2 Å². The number of hydrogen-bond donors (Lipinski definition) is 2. The van der Waals surface area contributed by atoms with E-state index in [1.54, 1.807) is 6.07 Å². The van der Waals surface area contributed by atoms with Gasteiger partial charge in [0.2, 0.25) is 0 Å². The molecule has 1 aromatic carbocycles. The molecular formula is C13H18FN3S. The standard InChI is InChI=1S/C13H18FN3S/c1-9-3-2-6-17(8-9)12-5-4-10(14)7-11(12)16-13(15)18/h4-5,7,9H,2-3,6,8H2,1H3,(H3,15,16,18). The summed E-state index contributed by atoms with van der Waals surface area (Å²) in [5, 5.41) is 3.01. The molecule has 1 aliphatic rings. The lowest BCUT2D eigenvalue weighted by molar-refractivity contribution is 0.447. The Morgan fingerprint density at radius 3 is 3.00 bits per heavy atom. The van der Waals surface area contributed by atoms with Crippen LogP contribution >= 0.6 is 12.2 Å².